The molecule has 1 aromatic carbocycles. The summed E-state index contributed by atoms with van der Waals surface area (Å²) in [6.45, 7) is 3.05. The van der Waals surface area contributed by atoms with Crippen molar-refractivity contribution in [3.63, 3.8) is 0 Å². The van der Waals surface area contributed by atoms with E-state index in [0.717, 1.165) is 0 Å². The Hall–Kier alpha value is -0.600. The highest BCUT2D eigenvalue weighted by atomic mass is 35.7. The van der Waals surface area contributed by atoms with Crippen molar-refractivity contribution in [3.05, 3.63) is 23.3 Å². The molecule has 0 aromatic heterocycles. The first kappa shape index (κ1) is 17.5. The van der Waals surface area contributed by atoms with Crippen LogP contribution in [-0.4, -0.2) is 26.3 Å². The van der Waals surface area contributed by atoms with E-state index in [4.69, 9.17) is 15.4 Å². The summed E-state index contributed by atoms with van der Waals surface area (Å²) in [5, 5.41) is 0. The largest absolute Gasteiger partial charge is 0.492 e. The molecule has 0 fully saturated rings. The van der Waals surface area contributed by atoms with Gasteiger partial charge in [0.15, 0.2) is 0 Å². The van der Waals surface area contributed by atoms with Crippen LogP contribution in [0.2, 0.25) is 0 Å². The second-order valence-electron chi connectivity index (χ2n) is 3.89. The first-order valence-electron chi connectivity index (χ1n) is 5.40. The lowest BCUT2D eigenvalue weighted by Crippen LogP contribution is -2.08. The lowest BCUT2D eigenvalue weighted by molar-refractivity contribution is -0.0329. The minimum atomic E-state index is -4.29. The van der Waals surface area contributed by atoms with Crippen LogP contribution in [0.3, 0.4) is 0 Å². The maximum atomic E-state index is 11.9. The molecular formula is C11H12ClF3O3S2. The molecule has 0 aliphatic heterocycles. The molecule has 0 atom stereocenters. The molecule has 0 saturated heterocycles. The molecule has 1 rings (SSSR count). The minimum absolute atomic E-state index is 0.0336. The molecule has 1 aromatic rings. The van der Waals surface area contributed by atoms with Crippen LogP contribution in [0, 0.1) is 13.8 Å². The van der Waals surface area contributed by atoms with Gasteiger partial charge in [0.2, 0.25) is 0 Å². The fourth-order valence-electron chi connectivity index (χ4n) is 1.50. The summed E-state index contributed by atoms with van der Waals surface area (Å²) in [5.41, 5.74) is -3.34. The van der Waals surface area contributed by atoms with Crippen LogP contribution in [0.4, 0.5) is 13.2 Å². The molecule has 0 amide bonds. The van der Waals surface area contributed by atoms with Crippen LogP contribution in [0.1, 0.15) is 11.1 Å². The third kappa shape index (κ3) is 5.06. The smallest absolute Gasteiger partial charge is 0.441 e. The van der Waals surface area contributed by atoms with Crippen molar-refractivity contribution >= 4 is 31.5 Å². The highest BCUT2D eigenvalue weighted by Crippen LogP contribution is 2.31. The molecule has 0 aliphatic rings. The molecule has 9 heteroatoms. The normalized spacial score (nSPS) is 12.5. The number of halogens is 4. The Morgan fingerprint density at radius 3 is 2.35 bits per heavy atom. The Bertz CT molecular complexity index is 585. The standard InChI is InChI=1S/C11H12ClF3O3S2/c1-7-8(2)10(20(12,16)17)4-3-9(7)18-5-6-19-11(13,14)15/h3-4H,5-6H2,1-2H3. The molecule has 0 N–H and O–H groups in total. The first-order valence-corrected chi connectivity index (χ1v) is 8.70. The van der Waals surface area contributed by atoms with Gasteiger partial charge in [0.25, 0.3) is 9.05 Å². The second kappa shape index (κ2) is 6.44. The van der Waals surface area contributed by atoms with E-state index in [9.17, 15) is 21.6 Å². The fourth-order valence-corrected chi connectivity index (χ4v) is 3.15. The molecule has 0 unspecified atom stereocenters. The van der Waals surface area contributed by atoms with Crippen LogP contribution in [0.5, 0.6) is 5.75 Å². The van der Waals surface area contributed by atoms with Crippen molar-refractivity contribution < 1.29 is 26.3 Å². The zero-order valence-electron chi connectivity index (χ0n) is 10.6. The Morgan fingerprint density at radius 1 is 1.25 bits per heavy atom. The van der Waals surface area contributed by atoms with Gasteiger partial charge in [-0.05, 0) is 48.9 Å². The molecular weight excluding hydrogens is 337 g/mol. The van der Waals surface area contributed by atoms with E-state index in [-0.39, 0.29) is 29.0 Å². The number of rotatable bonds is 5. The minimum Gasteiger partial charge on any atom is -0.492 e. The highest BCUT2D eigenvalue weighted by molar-refractivity contribution is 8.13. The van der Waals surface area contributed by atoms with Crippen molar-refractivity contribution in [2.24, 2.45) is 0 Å². The summed E-state index contributed by atoms with van der Waals surface area (Å²) in [5.74, 6) is 0.103. The van der Waals surface area contributed by atoms with Crippen LogP contribution in [0.15, 0.2) is 17.0 Å². The van der Waals surface area contributed by atoms with Gasteiger partial charge in [-0.15, -0.1) is 0 Å². The zero-order valence-corrected chi connectivity index (χ0v) is 13.0. The Kier molecular flexibility index (Phi) is 5.62. The third-order valence-corrected chi connectivity index (χ3v) is 4.72. The van der Waals surface area contributed by atoms with Crippen LogP contribution < -0.4 is 4.74 Å². The van der Waals surface area contributed by atoms with E-state index in [2.05, 4.69) is 0 Å². The monoisotopic (exact) mass is 348 g/mol. The topological polar surface area (TPSA) is 43.4 Å². The Morgan fingerprint density at radius 2 is 1.85 bits per heavy atom. The molecule has 0 radical (unpaired) electrons. The predicted molar refractivity (Wildman–Crippen MR) is 73.0 cm³/mol. The lowest BCUT2D eigenvalue weighted by Gasteiger charge is -2.13. The summed E-state index contributed by atoms with van der Waals surface area (Å²) < 4.78 is 63.6. The molecule has 0 spiro atoms. The molecule has 20 heavy (non-hydrogen) atoms. The highest BCUT2D eigenvalue weighted by Gasteiger charge is 2.27. The summed E-state index contributed by atoms with van der Waals surface area (Å²) >= 11 is -0.172. The number of thioether (sulfide) groups is 1. The van der Waals surface area contributed by atoms with Gasteiger partial charge < -0.3 is 4.74 Å². The van der Waals surface area contributed by atoms with Crippen molar-refractivity contribution in [1.29, 1.82) is 0 Å². The third-order valence-electron chi connectivity index (χ3n) is 2.56. The molecule has 0 aliphatic carbocycles. The fraction of sp³-hybridized carbons (Fsp3) is 0.455. The average Bonchev–Trinajstić information content (AvgIpc) is 2.26. The number of ether oxygens (including phenoxy) is 1. The van der Waals surface area contributed by atoms with Gasteiger partial charge >= 0.3 is 5.51 Å². The van der Waals surface area contributed by atoms with Crippen LogP contribution in [0.25, 0.3) is 0 Å². The summed E-state index contributed by atoms with van der Waals surface area (Å²) in [7, 11) is 1.41. The van der Waals surface area contributed by atoms with Gasteiger partial charge in [-0.1, -0.05) is 0 Å². The van der Waals surface area contributed by atoms with Crippen molar-refractivity contribution in [2.45, 2.75) is 24.3 Å². The first-order chi connectivity index (χ1) is 9.02. The maximum Gasteiger partial charge on any atom is 0.441 e. The summed E-state index contributed by atoms with van der Waals surface area (Å²) in [6, 6.07) is 2.66. The lowest BCUT2D eigenvalue weighted by atomic mass is 10.1. The van der Waals surface area contributed by atoms with E-state index in [1.807, 2.05) is 0 Å². The van der Waals surface area contributed by atoms with Crippen molar-refractivity contribution in [3.8, 4) is 5.75 Å². The number of hydrogen-bond donors (Lipinski definition) is 0. The summed E-state index contributed by atoms with van der Waals surface area (Å²) in [4.78, 5) is -0.0336. The van der Waals surface area contributed by atoms with E-state index in [1.165, 1.54) is 12.1 Å². The number of benzene rings is 1. The molecule has 114 valence electrons. The quantitative estimate of drug-likeness (QED) is 0.598. The Balaban J connectivity index is 2.77. The molecule has 3 nitrogen and oxygen atoms in total. The molecule has 0 bridgehead atoms. The average molecular weight is 349 g/mol. The second-order valence-corrected chi connectivity index (χ2v) is 7.59. The van der Waals surface area contributed by atoms with Crippen LogP contribution >= 0.6 is 22.4 Å². The van der Waals surface area contributed by atoms with E-state index >= 15 is 0 Å². The molecule has 0 saturated carbocycles. The predicted octanol–water partition coefficient (Wildman–Crippen LogP) is 3.86. The SMILES string of the molecule is Cc1c(OCCSC(F)(F)F)ccc(S(=O)(=O)Cl)c1C. The van der Waals surface area contributed by atoms with Crippen LogP contribution in [-0.2, 0) is 9.05 Å². The van der Waals surface area contributed by atoms with Crippen molar-refractivity contribution in [2.75, 3.05) is 12.4 Å². The van der Waals surface area contributed by atoms with Gasteiger partial charge in [-0.3, -0.25) is 0 Å². The van der Waals surface area contributed by atoms with Gasteiger partial charge in [0, 0.05) is 16.4 Å². The van der Waals surface area contributed by atoms with E-state index in [0.29, 0.717) is 16.9 Å². The number of hydrogen-bond acceptors (Lipinski definition) is 4. The maximum absolute atomic E-state index is 11.9. The van der Waals surface area contributed by atoms with Gasteiger partial charge in [0.1, 0.15) is 5.75 Å². The van der Waals surface area contributed by atoms with Gasteiger partial charge in [-0.2, -0.15) is 13.2 Å². The number of alkyl halides is 3. The Labute approximate surface area is 123 Å². The molecule has 0 heterocycles. The van der Waals surface area contributed by atoms with Gasteiger partial charge in [0.05, 0.1) is 11.5 Å². The van der Waals surface area contributed by atoms with Crippen molar-refractivity contribution in [1.82, 2.24) is 0 Å². The summed E-state index contributed by atoms with van der Waals surface area (Å²) in [6.07, 6.45) is 0. The van der Waals surface area contributed by atoms with Gasteiger partial charge in [-0.25, -0.2) is 8.42 Å². The zero-order chi connectivity index (χ0) is 15.6. The van der Waals surface area contributed by atoms with E-state index < -0.39 is 14.6 Å². The van der Waals surface area contributed by atoms with E-state index in [1.54, 1.807) is 13.8 Å².